The Kier molecular flexibility index (Phi) is 5.62. The normalized spacial score (nSPS) is 15.3. The Bertz CT molecular complexity index is 779. The van der Waals surface area contributed by atoms with Crippen molar-refractivity contribution in [3.8, 4) is 11.8 Å². The lowest BCUT2D eigenvalue weighted by molar-refractivity contribution is 0.285. The number of hydrogen-bond acceptors (Lipinski definition) is 4. The van der Waals surface area contributed by atoms with Crippen molar-refractivity contribution >= 4 is 17.3 Å². The third-order valence-corrected chi connectivity index (χ3v) is 4.68. The molecule has 0 radical (unpaired) electrons. The van der Waals surface area contributed by atoms with E-state index in [0.717, 1.165) is 42.4 Å². The van der Waals surface area contributed by atoms with Gasteiger partial charge >= 0.3 is 0 Å². The molecule has 25 heavy (non-hydrogen) atoms. The van der Waals surface area contributed by atoms with Gasteiger partial charge in [0.2, 0.25) is 0 Å². The minimum absolute atomic E-state index is 0.511. The Hall–Kier alpha value is -2.03. The van der Waals surface area contributed by atoms with Crippen LogP contribution in [0, 0.1) is 17.8 Å². The first-order valence-corrected chi connectivity index (χ1v) is 8.95. The van der Waals surface area contributed by atoms with Gasteiger partial charge in [-0.25, -0.2) is 4.98 Å². The highest BCUT2D eigenvalue weighted by atomic mass is 35.5. The fraction of sp³-hybridized carbons (Fsp3) is 0.474. The lowest BCUT2D eigenvalue weighted by atomic mass is 9.95. The van der Waals surface area contributed by atoms with Crippen molar-refractivity contribution in [3.63, 3.8) is 0 Å². The van der Waals surface area contributed by atoms with Crippen LogP contribution < -0.4 is 4.90 Å². The first-order valence-electron chi connectivity index (χ1n) is 8.57. The average molecular weight is 358 g/mol. The van der Waals surface area contributed by atoms with Gasteiger partial charge < -0.3 is 9.80 Å². The largest absolute Gasteiger partial charge is 0.370 e. The van der Waals surface area contributed by atoms with Crippen LogP contribution in [-0.4, -0.2) is 53.4 Å². The monoisotopic (exact) mass is 357 g/mol. The molecule has 0 atom stereocenters. The molecule has 3 heterocycles. The Morgan fingerprint density at radius 3 is 2.64 bits per heavy atom. The summed E-state index contributed by atoms with van der Waals surface area (Å²) in [5.41, 5.74) is 2.90. The molecule has 1 aliphatic rings. The van der Waals surface area contributed by atoms with Crippen molar-refractivity contribution < 1.29 is 0 Å². The van der Waals surface area contributed by atoms with E-state index < -0.39 is 0 Å². The summed E-state index contributed by atoms with van der Waals surface area (Å²) in [7, 11) is 6.17. The third kappa shape index (κ3) is 4.75. The molecule has 0 N–H and O–H groups in total. The van der Waals surface area contributed by atoms with Gasteiger partial charge in [-0.2, -0.15) is 5.10 Å². The molecule has 1 fully saturated rings. The van der Waals surface area contributed by atoms with Crippen LogP contribution in [0.3, 0.4) is 0 Å². The van der Waals surface area contributed by atoms with Crippen molar-refractivity contribution in [2.24, 2.45) is 13.0 Å². The molecule has 0 saturated carbocycles. The van der Waals surface area contributed by atoms with Crippen molar-refractivity contribution in [2.45, 2.75) is 12.8 Å². The van der Waals surface area contributed by atoms with Crippen molar-refractivity contribution in [1.82, 2.24) is 19.7 Å². The minimum atomic E-state index is 0.511. The van der Waals surface area contributed by atoms with Crippen LogP contribution in [-0.2, 0) is 7.05 Å². The molecule has 2 aromatic heterocycles. The summed E-state index contributed by atoms with van der Waals surface area (Å²) in [5, 5.41) is 4.66. The maximum absolute atomic E-state index is 6.15. The van der Waals surface area contributed by atoms with Crippen LogP contribution in [0.4, 0.5) is 5.69 Å². The van der Waals surface area contributed by atoms with Gasteiger partial charge in [0.25, 0.3) is 0 Å². The predicted molar refractivity (Wildman–Crippen MR) is 102 cm³/mol. The predicted octanol–water partition coefficient (Wildman–Crippen LogP) is 2.65. The Balaban J connectivity index is 1.77. The second-order valence-corrected chi connectivity index (χ2v) is 7.26. The molecule has 0 spiro atoms. The molecular weight excluding hydrogens is 334 g/mol. The van der Waals surface area contributed by atoms with Crippen molar-refractivity contribution in [1.29, 1.82) is 0 Å². The van der Waals surface area contributed by atoms with E-state index in [-0.39, 0.29) is 0 Å². The average Bonchev–Trinajstić information content (AvgIpc) is 2.99. The van der Waals surface area contributed by atoms with E-state index in [9.17, 15) is 0 Å². The fourth-order valence-corrected chi connectivity index (χ4v) is 3.43. The minimum Gasteiger partial charge on any atom is -0.370 e. The van der Waals surface area contributed by atoms with E-state index in [2.05, 4.69) is 45.8 Å². The number of pyridine rings is 1. The Morgan fingerprint density at radius 1 is 1.24 bits per heavy atom. The van der Waals surface area contributed by atoms with Crippen LogP contribution in [0.2, 0.25) is 5.15 Å². The Labute approximate surface area is 154 Å². The van der Waals surface area contributed by atoms with Crippen LogP contribution in [0.5, 0.6) is 0 Å². The standard InChI is InChI=1S/C19H24ClN5/c1-23(2)13-15-6-8-25(9-7-15)18-10-19(20)21-12-17(18)5-4-16-11-22-24(3)14-16/h10-12,14-15H,6-9,13H2,1-3H3. The quantitative estimate of drug-likeness (QED) is 0.625. The summed E-state index contributed by atoms with van der Waals surface area (Å²) in [4.78, 5) is 8.87. The zero-order valence-corrected chi connectivity index (χ0v) is 15.8. The highest BCUT2D eigenvalue weighted by Crippen LogP contribution is 2.28. The van der Waals surface area contributed by atoms with Crippen LogP contribution in [0.15, 0.2) is 24.7 Å². The van der Waals surface area contributed by atoms with E-state index in [1.807, 2.05) is 19.3 Å². The summed E-state index contributed by atoms with van der Waals surface area (Å²) >= 11 is 6.15. The smallest absolute Gasteiger partial charge is 0.131 e. The highest BCUT2D eigenvalue weighted by Gasteiger charge is 2.21. The molecule has 5 nitrogen and oxygen atoms in total. The second-order valence-electron chi connectivity index (χ2n) is 6.87. The lowest BCUT2D eigenvalue weighted by Crippen LogP contribution is -2.37. The maximum Gasteiger partial charge on any atom is 0.131 e. The van der Waals surface area contributed by atoms with Gasteiger partial charge in [-0.15, -0.1) is 0 Å². The van der Waals surface area contributed by atoms with Gasteiger partial charge in [-0.1, -0.05) is 23.4 Å². The molecule has 0 amide bonds. The summed E-state index contributed by atoms with van der Waals surface area (Å²) in [6, 6.07) is 1.93. The molecule has 0 aromatic carbocycles. The molecule has 6 heteroatoms. The van der Waals surface area contributed by atoms with E-state index >= 15 is 0 Å². The first kappa shape index (κ1) is 17.8. The number of aryl methyl sites for hydroxylation is 1. The van der Waals surface area contributed by atoms with E-state index in [4.69, 9.17) is 11.6 Å². The number of anilines is 1. The molecule has 1 saturated heterocycles. The molecule has 0 aliphatic carbocycles. The van der Waals surface area contributed by atoms with Gasteiger partial charge in [-0.3, -0.25) is 4.68 Å². The number of piperidine rings is 1. The van der Waals surface area contributed by atoms with Gasteiger partial charge in [0.15, 0.2) is 0 Å². The summed E-state index contributed by atoms with van der Waals surface area (Å²) < 4.78 is 1.75. The van der Waals surface area contributed by atoms with E-state index in [1.165, 1.54) is 12.8 Å². The number of rotatable bonds is 3. The SMILES string of the molecule is CN(C)CC1CCN(c2cc(Cl)ncc2C#Cc2cnn(C)c2)CC1. The summed E-state index contributed by atoms with van der Waals surface area (Å²) in [6.07, 6.45) is 7.82. The molecule has 3 rings (SSSR count). The fourth-order valence-electron chi connectivity index (χ4n) is 3.28. The molecule has 1 aliphatic heterocycles. The molecule has 2 aromatic rings. The number of nitrogens with zero attached hydrogens (tertiary/aromatic N) is 5. The van der Waals surface area contributed by atoms with Gasteiger partial charge in [0.05, 0.1) is 23.0 Å². The topological polar surface area (TPSA) is 37.2 Å². The summed E-state index contributed by atoms with van der Waals surface area (Å²) in [5.74, 6) is 7.16. The molecule has 132 valence electrons. The summed E-state index contributed by atoms with van der Waals surface area (Å²) in [6.45, 7) is 3.21. The Morgan fingerprint density at radius 2 is 2.00 bits per heavy atom. The molecular formula is C19H24ClN5. The number of aromatic nitrogens is 3. The van der Waals surface area contributed by atoms with E-state index in [1.54, 1.807) is 17.1 Å². The van der Waals surface area contributed by atoms with E-state index in [0.29, 0.717) is 5.15 Å². The molecule has 0 unspecified atom stereocenters. The molecule has 0 bridgehead atoms. The van der Waals surface area contributed by atoms with Crippen LogP contribution >= 0.6 is 11.6 Å². The number of hydrogen-bond donors (Lipinski definition) is 0. The number of halogens is 1. The second kappa shape index (κ2) is 7.90. The zero-order chi connectivity index (χ0) is 17.8. The van der Waals surface area contributed by atoms with Gasteiger partial charge in [-0.05, 0) is 32.9 Å². The zero-order valence-electron chi connectivity index (χ0n) is 15.0. The third-order valence-electron chi connectivity index (χ3n) is 4.47. The van der Waals surface area contributed by atoms with Gasteiger partial charge in [0.1, 0.15) is 5.15 Å². The van der Waals surface area contributed by atoms with Crippen molar-refractivity contribution in [2.75, 3.05) is 38.6 Å². The first-order chi connectivity index (χ1) is 12.0. The lowest BCUT2D eigenvalue weighted by Gasteiger charge is -2.35. The maximum atomic E-state index is 6.15. The highest BCUT2D eigenvalue weighted by molar-refractivity contribution is 6.29. The van der Waals surface area contributed by atoms with Crippen LogP contribution in [0.25, 0.3) is 0 Å². The van der Waals surface area contributed by atoms with Gasteiger partial charge in [0, 0.05) is 45.1 Å². The van der Waals surface area contributed by atoms with Crippen LogP contribution in [0.1, 0.15) is 24.0 Å². The van der Waals surface area contributed by atoms with Crippen molar-refractivity contribution in [3.05, 3.63) is 40.9 Å².